The van der Waals surface area contributed by atoms with Gasteiger partial charge >= 0.3 is 0 Å². The third kappa shape index (κ3) is 15.4. The fourth-order valence-corrected chi connectivity index (χ4v) is 8.22. The van der Waals surface area contributed by atoms with Crippen molar-refractivity contribution in [2.24, 2.45) is 5.84 Å². The Hall–Kier alpha value is -8.18. The van der Waals surface area contributed by atoms with Crippen LogP contribution in [0.1, 0.15) is 71.1 Å². The van der Waals surface area contributed by atoms with Gasteiger partial charge in [-0.25, -0.2) is 0 Å². The summed E-state index contributed by atoms with van der Waals surface area (Å²) < 4.78 is 2.33. The van der Waals surface area contributed by atoms with Gasteiger partial charge in [-0.3, -0.25) is 5.84 Å². The van der Waals surface area contributed by atoms with E-state index in [1.165, 1.54) is 60.8 Å². The summed E-state index contributed by atoms with van der Waals surface area (Å²) in [5.41, 5.74) is 19.1. The molecule has 1 aromatic heterocycles. The number of nitrogens with zero attached hydrogens (tertiary/aromatic N) is 2. The molecule has 0 spiro atoms. The minimum atomic E-state index is 0.861. The van der Waals surface area contributed by atoms with Crippen molar-refractivity contribution in [1.29, 1.82) is 0 Å². The van der Waals surface area contributed by atoms with Gasteiger partial charge in [-0.2, -0.15) is 0 Å². The monoisotopic (exact) mass is 947 g/mol. The smallest absolute Gasteiger partial charge is 0.0541 e. The summed E-state index contributed by atoms with van der Waals surface area (Å²) >= 11 is 0. The van der Waals surface area contributed by atoms with E-state index in [1.807, 2.05) is 76.2 Å². The molecule has 0 saturated heterocycles. The quantitative estimate of drug-likeness (QED) is 0.106. The van der Waals surface area contributed by atoms with E-state index >= 15 is 0 Å². The van der Waals surface area contributed by atoms with Crippen molar-refractivity contribution in [3.05, 3.63) is 284 Å². The number of hydrogen-bond acceptors (Lipinski definition) is 3. The van der Waals surface area contributed by atoms with E-state index in [2.05, 4.69) is 237 Å². The van der Waals surface area contributed by atoms with Crippen molar-refractivity contribution in [3.8, 4) is 27.9 Å². The van der Waals surface area contributed by atoms with Gasteiger partial charge in [-0.1, -0.05) is 231 Å². The topological polar surface area (TPSA) is 46.2 Å². The maximum atomic E-state index is 5.24. The Morgan fingerprint density at radius 1 is 0.556 bits per heavy atom. The van der Waals surface area contributed by atoms with Crippen LogP contribution in [0.5, 0.6) is 0 Å². The highest BCUT2D eigenvalue weighted by atomic mass is 15.2. The largest absolute Gasteiger partial charge is 0.357 e. The van der Waals surface area contributed by atoms with Crippen molar-refractivity contribution < 1.29 is 0 Å². The molecule has 0 unspecified atom stereocenters. The summed E-state index contributed by atoms with van der Waals surface area (Å²) in [6.07, 6.45) is 23.5. The summed E-state index contributed by atoms with van der Waals surface area (Å²) in [7, 11) is 2.02. The van der Waals surface area contributed by atoms with Gasteiger partial charge in [0.05, 0.1) is 11.0 Å². The zero-order valence-electron chi connectivity index (χ0n) is 43.6. The molecule has 1 aliphatic heterocycles. The number of nitrogens with one attached hydrogen (secondary N) is 1. The molecule has 366 valence electrons. The van der Waals surface area contributed by atoms with Crippen LogP contribution in [-0.4, -0.2) is 16.5 Å². The molecule has 0 aliphatic carbocycles. The lowest BCUT2D eigenvalue weighted by atomic mass is 9.98. The lowest BCUT2D eigenvalue weighted by Gasteiger charge is -2.10. The van der Waals surface area contributed by atoms with E-state index in [4.69, 9.17) is 5.84 Å². The van der Waals surface area contributed by atoms with Crippen LogP contribution in [-0.2, 0) is 6.42 Å². The van der Waals surface area contributed by atoms with E-state index in [0.29, 0.717) is 0 Å². The van der Waals surface area contributed by atoms with E-state index in [-0.39, 0.29) is 0 Å². The van der Waals surface area contributed by atoms with Crippen LogP contribution in [0.15, 0.2) is 267 Å². The number of fused-ring (bicyclic) bond motifs is 3. The van der Waals surface area contributed by atoms with Crippen LogP contribution < -0.4 is 11.3 Å². The van der Waals surface area contributed by atoms with Crippen LogP contribution in [0.3, 0.4) is 0 Å². The maximum absolute atomic E-state index is 5.24. The molecule has 0 fully saturated rings. The Kier molecular flexibility index (Phi) is 22.6. The summed E-state index contributed by atoms with van der Waals surface area (Å²) in [4.78, 5) is 2.04. The van der Waals surface area contributed by atoms with Gasteiger partial charge in [0.15, 0.2) is 0 Å². The maximum Gasteiger partial charge on any atom is 0.0541 e. The van der Waals surface area contributed by atoms with Gasteiger partial charge in [0.25, 0.3) is 0 Å². The zero-order chi connectivity index (χ0) is 51.5. The number of hydrazine groups is 1. The highest BCUT2D eigenvalue weighted by Crippen LogP contribution is 2.35. The fraction of sp³-hybridized carbons (Fsp3) is 0.147. The Morgan fingerprint density at radius 3 is 1.81 bits per heavy atom. The van der Waals surface area contributed by atoms with Gasteiger partial charge in [-0.15, -0.1) is 0 Å². The normalized spacial score (nSPS) is 14.4. The zero-order valence-corrected chi connectivity index (χ0v) is 43.6. The number of allylic oxidation sites excluding steroid dienone is 11. The highest BCUT2D eigenvalue weighted by Gasteiger charge is 2.13. The summed E-state index contributed by atoms with van der Waals surface area (Å²) in [5.74, 6) is 5.24. The molecule has 3 N–H and O–H groups in total. The molecule has 8 aromatic rings. The number of aromatic nitrogens is 1. The first kappa shape index (κ1) is 54.8. The molecular formula is C68H74N4. The molecule has 4 nitrogen and oxygen atoms in total. The SMILES string of the molecule is C=C1/C=C\C=C/N(C)/C=C\C(c2ccc3c(c2)c2ccccc2n3-c2ccccc2)=C/C1=C.CC.CC.CC/C=C(\CC)c1ccccc1.NN/C=C\Cc1cccc(-c2ccc(-c3ccccc3)cc2)c1. The van der Waals surface area contributed by atoms with Crippen molar-refractivity contribution in [2.75, 3.05) is 7.05 Å². The summed E-state index contributed by atoms with van der Waals surface area (Å²) in [6.45, 7) is 20.8. The first-order valence-corrected chi connectivity index (χ1v) is 25.4. The Labute approximate surface area is 431 Å². The van der Waals surface area contributed by atoms with Gasteiger partial charge in [0.2, 0.25) is 0 Å². The van der Waals surface area contributed by atoms with Crippen LogP contribution in [0.4, 0.5) is 0 Å². The average molecular weight is 947 g/mol. The average Bonchev–Trinajstić information content (AvgIpc) is 3.77. The van der Waals surface area contributed by atoms with Crippen molar-refractivity contribution in [3.63, 3.8) is 0 Å². The van der Waals surface area contributed by atoms with E-state index < -0.39 is 0 Å². The third-order valence-corrected chi connectivity index (χ3v) is 11.8. The molecule has 0 amide bonds. The predicted octanol–water partition coefficient (Wildman–Crippen LogP) is 18.3. The molecule has 1 aliphatic rings. The second kappa shape index (κ2) is 29.8. The number of para-hydroxylation sites is 2. The van der Waals surface area contributed by atoms with Gasteiger partial charge < -0.3 is 14.9 Å². The van der Waals surface area contributed by atoms with Crippen LogP contribution in [0.25, 0.3) is 60.9 Å². The molecule has 2 heterocycles. The van der Waals surface area contributed by atoms with Gasteiger partial charge in [-0.05, 0) is 129 Å². The minimum Gasteiger partial charge on any atom is -0.357 e. The standard InChI is InChI=1S/C31H26N2.C21H20N2.C12H16.2C2H6/c1-23-11-9-10-19-32(3)20-18-26(21-24(23)2)25-16-17-31-29(22-25)28-14-7-8-15-30(28)33(31)27-12-5-4-6-13-27;22-23-15-5-7-17-6-4-10-21(16-17)20-13-11-19(12-14-20)18-8-2-1-3-9-18;1-3-8-11(4-2)12-9-6-5-7-10-12;2*1-2/h4-22H,1-2H2,3H3;1-6,8-16,23H,7,22H2;5-10H,3-4H2,1-2H3;2*1-2H3/b11-9-,19-10-,20-18-,26-21+;15-5-;11-8+;;. The van der Waals surface area contributed by atoms with Crippen LogP contribution >= 0.6 is 0 Å². The lowest BCUT2D eigenvalue weighted by molar-refractivity contribution is 0.626. The molecule has 0 radical (unpaired) electrons. The van der Waals surface area contributed by atoms with E-state index in [0.717, 1.165) is 47.2 Å². The summed E-state index contributed by atoms with van der Waals surface area (Å²) in [5, 5.41) is 2.47. The highest BCUT2D eigenvalue weighted by molar-refractivity contribution is 6.10. The Balaban J connectivity index is 0.000000214. The second-order valence-electron chi connectivity index (χ2n) is 16.5. The Morgan fingerprint density at radius 2 is 1.14 bits per heavy atom. The molecule has 0 bridgehead atoms. The number of hydrogen-bond donors (Lipinski definition) is 2. The molecule has 4 heteroatoms. The second-order valence-corrected chi connectivity index (χ2v) is 16.5. The van der Waals surface area contributed by atoms with Crippen molar-refractivity contribution in [2.45, 2.75) is 60.8 Å². The lowest BCUT2D eigenvalue weighted by Crippen LogP contribution is -2.12. The van der Waals surface area contributed by atoms with Gasteiger partial charge in [0, 0.05) is 42.1 Å². The van der Waals surface area contributed by atoms with Crippen LogP contribution in [0.2, 0.25) is 0 Å². The molecule has 0 atom stereocenters. The van der Waals surface area contributed by atoms with Crippen molar-refractivity contribution >= 4 is 33.0 Å². The number of rotatable bonds is 10. The van der Waals surface area contributed by atoms with Gasteiger partial charge in [0.1, 0.15) is 0 Å². The first-order valence-electron chi connectivity index (χ1n) is 25.4. The van der Waals surface area contributed by atoms with E-state index in [9.17, 15) is 0 Å². The third-order valence-electron chi connectivity index (χ3n) is 11.8. The Bertz CT molecular complexity index is 3110. The first-order chi connectivity index (χ1) is 35.4. The molecule has 72 heavy (non-hydrogen) atoms. The van der Waals surface area contributed by atoms with Crippen LogP contribution in [0, 0.1) is 0 Å². The molecule has 7 aromatic carbocycles. The molecule has 9 rings (SSSR count). The molecule has 0 saturated carbocycles. The number of benzene rings is 7. The summed E-state index contributed by atoms with van der Waals surface area (Å²) in [6, 6.07) is 64.1. The number of nitrogens with two attached hydrogens (primary N) is 1. The fourth-order valence-electron chi connectivity index (χ4n) is 8.22. The molecular weight excluding hydrogens is 873 g/mol. The van der Waals surface area contributed by atoms with Crippen molar-refractivity contribution in [1.82, 2.24) is 14.9 Å². The predicted molar refractivity (Wildman–Crippen MR) is 317 cm³/mol. The van der Waals surface area contributed by atoms with E-state index in [1.54, 1.807) is 6.20 Å². The minimum absolute atomic E-state index is 0.861.